The third-order valence-corrected chi connectivity index (χ3v) is 3.33. The quantitative estimate of drug-likeness (QED) is 0.513. The van der Waals surface area contributed by atoms with Gasteiger partial charge in [0.15, 0.2) is 5.65 Å². The standard InChI is InChI=1S/C11H11ClN8O/c1-19-10-6(4-14-19)11(21)20(18-17-10)5-8-7(12)2-3-9(15-8)16-13/h2-4H,5,13H2,1H3,(H,15,16). The molecule has 0 aromatic carbocycles. The predicted octanol–water partition coefficient (Wildman–Crippen LogP) is -0.0927. The van der Waals surface area contributed by atoms with Gasteiger partial charge in [0.25, 0.3) is 5.56 Å². The smallest absolute Gasteiger partial charge is 0.281 e. The second-order valence-electron chi connectivity index (χ2n) is 4.33. The van der Waals surface area contributed by atoms with E-state index in [4.69, 9.17) is 17.4 Å². The van der Waals surface area contributed by atoms with Crippen LogP contribution >= 0.6 is 11.6 Å². The van der Waals surface area contributed by atoms with E-state index in [-0.39, 0.29) is 12.1 Å². The average molecular weight is 307 g/mol. The molecule has 0 aliphatic carbocycles. The van der Waals surface area contributed by atoms with Gasteiger partial charge in [-0.05, 0) is 12.1 Å². The SMILES string of the molecule is Cn1ncc2c(=O)n(Cc3nc(NN)ccc3Cl)nnc21. The summed E-state index contributed by atoms with van der Waals surface area (Å²) in [6, 6.07) is 3.27. The zero-order valence-electron chi connectivity index (χ0n) is 11.0. The number of hydrogen-bond donors (Lipinski definition) is 2. The van der Waals surface area contributed by atoms with Crippen LogP contribution in [0.1, 0.15) is 5.69 Å². The second-order valence-corrected chi connectivity index (χ2v) is 4.73. The number of nitrogens with one attached hydrogen (secondary N) is 1. The van der Waals surface area contributed by atoms with Gasteiger partial charge in [-0.1, -0.05) is 16.8 Å². The fraction of sp³-hybridized carbons (Fsp3) is 0.182. The predicted molar refractivity (Wildman–Crippen MR) is 76.7 cm³/mol. The van der Waals surface area contributed by atoms with Crippen molar-refractivity contribution in [3.8, 4) is 0 Å². The van der Waals surface area contributed by atoms with Crippen LogP contribution in [-0.2, 0) is 13.6 Å². The first-order valence-corrected chi connectivity index (χ1v) is 6.35. The maximum Gasteiger partial charge on any atom is 0.281 e. The van der Waals surface area contributed by atoms with Crippen molar-refractivity contribution in [2.45, 2.75) is 6.54 Å². The monoisotopic (exact) mass is 306 g/mol. The largest absolute Gasteiger partial charge is 0.308 e. The maximum absolute atomic E-state index is 12.3. The number of hydrazine groups is 1. The first kappa shape index (κ1) is 13.5. The van der Waals surface area contributed by atoms with Crippen molar-refractivity contribution >= 4 is 28.5 Å². The number of nitrogens with two attached hydrogens (primary N) is 1. The normalized spacial score (nSPS) is 11.0. The Balaban J connectivity index is 2.06. The highest BCUT2D eigenvalue weighted by atomic mass is 35.5. The molecule has 108 valence electrons. The van der Waals surface area contributed by atoms with Crippen molar-refractivity contribution in [2.24, 2.45) is 12.9 Å². The van der Waals surface area contributed by atoms with Gasteiger partial charge in [0.05, 0.1) is 23.5 Å². The molecular weight excluding hydrogens is 296 g/mol. The Morgan fingerprint density at radius 2 is 2.24 bits per heavy atom. The minimum atomic E-state index is -0.308. The minimum Gasteiger partial charge on any atom is -0.308 e. The summed E-state index contributed by atoms with van der Waals surface area (Å²) >= 11 is 6.07. The highest BCUT2D eigenvalue weighted by Crippen LogP contribution is 2.16. The fourth-order valence-corrected chi connectivity index (χ4v) is 2.06. The van der Waals surface area contributed by atoms with E-state index in [9.17, 15) is 4.79 Å². The van der Waals surface area contributed by atoms with Gasteiger partial charge in [0, 0.05) is 7.05 Å². The first-order valence-electron chi connectivity index (χ1n) is 5.97. The molecular formula is C11H11ClN8O. The van der Waals surface area contributed by atoms with Gasteiger partial charge in [-0.3, -0.25) is 4.79 Å². The molecule has 0 fully saturated rings. The van der Waals surface area contributed by atoms with Crippen molar-refractivity contribution in [1.29, 1.82) is 0 Å². The van der Waals surface area contributed by atoms with E-state index in [1.54, 1.807) is 19.2 Å². The molecule has 3 rings (SSSR count). The molecule has 0 amide bonds. The van der Waals surface area contributed by atoms with Crippen LogP contribution in [0.15, 0.2) is 23.1 Å². The summed E-state index contributed by atoms with van der Waals surface area (Å²) in [5.74, 6) is 5.75. The molecule has 9 nitrogen and oxygen atoms in total. The van der Waals surface area contributed by atoms with E-state index in [1.165, 1.54) is 15.6 Å². The van der Waals surface area contributed by atoms with Crippen molar-refractivity contribution in [3.63, 3.8) is 0 Å². The molecule has 0 saturated heterocycles. The molecule has 10 heteroatoms. The van der Waals surface area contributed by atoms with Gasteiger partial charge >= 0.3 is 0 Å². The van der Waals surface area contributed by atoms with Gasteiger partial charge in [0.1, 0.15) is 11.2 Å². The molecule has 0 aliphatic heterocycles. The molecule has 0 saturated carbocycles. The molecule has 3 heterocycles. The van der Waals surface area contributed by atoms with Gasteiger partial charge in [-0.25, -0.2) is 20.2 Å². The Hall–Kier alpha value is -2.52. The maximum atomic E-state index is 12.3. The van der Waals surface area contributed by atoms with Crippen molar-refractivity contribution in [3.05, 3.63) is 39.4 Å². The number of aromatic nitrogens is 6. The molecule has 0 bridgehead atoms. The molecule has 21 heavy (non-hydrogen) atoms. The second kappa shape index (κ2) is 5.11. The molecule has 0 radical (unpaired) electrons. The number of hydrogen-bond acceptors (Lipinski definition) is 7. The lowest BCUT2D eigenvalue weighted by Gasteiger charge is -2.07. The zero-order chi connectivity index (χ0) is 15.0. The Labute approximate surface area is 123 Å². The number of halogens is 1. The Morgan fingerprint density at radius 3 is 3.00 bits per heavy atom. The number of nitrogens with zero attached hydrogens (tertiary/aromatic N) is 6. The third kappa shape index (κ3) is 2.32. The van der Waals surface area contributed by atoms with Gasteiger partial charge in [-0.15, -0.1) is 5.10 Å². The highest BCUT2D eigenvalue weighted by molar-refractivity contribution is 6.31. The molecule has 0 spiro atoms. The van der Waals surface area contributed by atoms with Crippen LogP contribution in [0.2, 0.25) is 5.02 Å². The lowest BCUT2D eigenvalue weighted by atomic mass is 10.3. The zero-order valence-corrected chi connectivity index (χ0v) is 11.7. The van der Waals surface area contributed by atoms with E-state index in [0.29, 0.717) is 27.6 Å². The van der Waals surface area contributed by atoms with Crippen molar-refractivity contribution < 1.29 is 0 Å². The highest BCUT2D eigenvalue weighted by Gasteiger charge is 2.12. The number of rotatable bonds is 3. The van der Waals surface area contributed by atoms with E-state index >= 15 is 0 Å². The molecule has 0 unspecified atom stereocenters. The number of aryl methyl sites for hydroxylation is 1. The number of fused-ring (bicyclic) bond motifs is 1. The van der Waals surface area contributed by atoms with Crippen LogP contribution in [-0.4, -0.2) is 29.8 Å². The first-order chi connectivity index (χ1) is 10.1. The molecule has 3 N–H and O–H groups in total. The van der Waals surface area contributed by atoms with Crippen LogP contribution < -0.4 is 16.8 Å². The van der Waals surface area contributed by atoms with E-state index < -0.39 is 0 Å². The van der Waals surface area contributed by atoms with Crippen molar-refractivity contribution in [2.75, 3.05) is 5.43 Å². The summed E-state index contributed by atoms with van der Waals surface area (Å²) in [5.41, 5.74) is 3.00. The Bertz CT molecular complexity index is 870. The summed E-state index contributed by atoms with van der Waals surface area (Å²) < 4.78 is 2.66. The van der Waals surface area contributed by atoms with Crippen LogP contribution in [0.4, 0.5) is 5.82 Å². The molecule has 0 atom stereocenters. The summed E-state index contributed by atoms with van der Waals surface area (Å²) in [7, 11) is 1.69. The number of nitrogen functional groups attached to an aromatic ring is 1. The van der Waals surface area contributed by atoms with E-state index in [2.05, 4.69) is 25.8 Å². The lowest BCUT2D eigenvalue weighted by molar-refractivity contribution is 0.587. The van der Waals surface area contributed by atoms with Crippen LogP contribution in [0, 0.1) is 0 Å². The van der Waals surface area contributed by atoms with Crippen LogP contribution in [0.25, 0.3) is 11.0 Å². The third-order valence-electron chi connectivity index (χ3n) is 2.99. The molecule has 3 aromatic heterocycles. The van der Waals surface area contributed by atoms with Crippen molar-refractivity contribution in [1.82, 2.24) is 29.8 Å². The van der Waals surface area contributed by atoms with Gasteiger partial charge in [-0.2, -0.15) is 5.10 Å². The molecule has 3 aromatic rings. The Morgan fingerprint density at radius 1 is 1.43 bits per heavy atom. The fourth-order valence-electron chi connectivity index (χ4n) is 1.90. The summed E-state index contributed by atoms with van der Waals surface area (Å²) in [6.07, 6.45) is 1.45. The van der Waals surface area contributed by atoms with Gasteiger partial charge in [0.2, 0.25) is 0 Å². The summed E-state index contributed by atoms with van der Waals surface area (Å²) in [4.78, 5) is 16.5. The van der Waals surface area contributed by atoms with Gasteiger partial charge < -0.3 is 5.43 Å². The summed E-state index contributed by atoms with van der Waals surface area (Å²) in [6.45, 7) is 0.0883. The number of pyridine rings is 1. The molecule has 0 aliphatic rings. The van der Waals surface area contributed by atoms with Crippen LogP contribution in [0.3, 0.4) is 0 Å². The van der Waals surface area contributed by atoms with Crippen LogP contribution in [0.5, 0.6) is 0 Å². The lowest BCUT2D eigenvalue weighted by Crippen LogP contribution is -2.25. The average Bonchev–Trinajstić information content (AvgIpc) is 2.86. The Kier molecular flexibility index (Phi) is 3.28. The van der Waals surface area contributed by atoms with E-state index in [0.717, 1.165) is 0 Å². The van der Waals surface area contributed by atoms with E-state index in [1.807, 2.05) is 0 Å². The number of anilines is 1. The topological polar surface area (TPSA) is 117 Å². The minimum absolute atomic E-state index is 0.0883. The summed E-state index contributed by atoms with van der Waals surface area (Å²) in [5, 5.41) is 12.6.